The molecule has 0 atom stereocenters. The van der Waals surface area contributed by atoms with Crippen molar-refractivity contribution in [3.05, 3.63) is 326 Å². The Balaban J connectivity index is 0.00000821. The minimum absolute atomic E-state index is 0. The number of benzene rings is 12. The van der Waals surface area contributed by atoms with Gasteiger partial charge in [-0.1, -0.05) is 274 Å². The van der Waals surface area contributed by atoms with Gasteiger partial charge in [0, 0.05) is 49.8 Å². The van der Waals surface area contributed by atoms with Crippen molar-refractivity contribution >= 4 is 21.8 Å². The second-order valence-corrected chi connectivity index (χ2v) is 28.4. The van der Waals surface area contributed by atoms with Crippen molar-refractivity contribution in [3.8, 4) is 118 Å². The molecule has 7 heteroatoms. The molecule has 15 rings (SSSR count). The first-order chi connectivity index (χ1) is 46.9. The quantitative estimate of drug-likeness (QED) is 0.0854. The summed E-state index contributed by atoms with van der Waals surface area (Å²) in [6, 6.07) is 110. The molecular formula is C91H75N5OPt-2. The van der Waals surface area contributed by atoms with Crippen LogP contribution in [0.1, 0.15) is 79.0 Å². The third kappa shape index (κ3) is 13.0. The number of hydrogen-bond acceptors (Lipinski definition) is 3. The van der Waals surface area contributed by atoms with Crippen LogP contribution in [0.25, 0.3) is 128 Å². The first-order valence-corrected chi connectivity index (χ1v) is 33.4. The van der Waals surface area contributed by atoms with E-state index in [2.05, 4.69) is 357 Å². The number of rotatable bonds is 13. The van der Waals surface area contributed by atoms with Crippen LogP contribution in [0.2, 0.25) is 0 Å². The number of ether oxygens (including phenoxy) is 1. The Bertz CT molecular complexity index is 5110. The fourth-order valence-corrected chi connectivity index (χ4v) is 13.2. The van der Waals surface area contributed by atoms with Crippen LogP contribution in [0.5, 0.6) is 11.5 Å². The summed E-state index contributed by atoms with van der Waals surface area (Å²) in [6.07, 6.45) is 5.80. The normalized spacial score (nSPS) is 11.8. The number of nitrogens with zero attached hydrogens (tertiary/aromatic N) is 5. The van der Waals surface area contributed by atoms with Crippen LogP contribution in [-0.2, 0) is 37.3 Å². The molecule has 0 spiro atoms. The number of fused-ring (bicyclic) bond motifs is 3. The van der Waals surface area contributed by atoms with Gasteiger partial charge < -0.3 is 13.9 Å². The van der Waals surface area contributed by atoms with Gasteiger partial charge in [0.25, 0.3) is 6.33 Å². The molecule has 6 nitrogen and oxygen atoms in total. The molecule has 0 bridgehead atoms. The van der Waals surface area contributed by atoms with Crippen molar-refractivity contribution < 1.29 is 30.5 Å². The van der Waals surface area contributed by atoms with E-state index < -0.39 is 0 Å². The average Bonchev–Trinajstić information content (AvgIpc) is 1.64. The molecule has 0 aliphatic carbocycles. The van der Waals surface area contributed by atoms with Crippen molar-refractivity contribution in [2.75, 3.05) is 0 Å². The van der Waals surface area contributed by atoms with E-state index >= 15 is 0 Å². The third-order valence-electron chi connectivity index (χ3n) is 18.5. The molecular weight excluding hydrogens is 1370 g/mol. The molecule has 0 radical (unpaired) electrons. The van der Waals surface area contributed by atoms with Crippen molar-refractivity contribution in [2.45, 2.75) is 78.6 Å². The van der Waals surface area contributed by atoms with Crippen LogP contribution in [0.3, 0.4) is 0 Å². The fourth-order valence-electron chi connectivity index (χ4n) is 13.2. The van der Waals surface area contributed by atoms with Crippen LogP contribution in [0.15, 0.2) is 291 Å². The Morgan fingerprint density at radius 2 is 0.827 bits per heavy atom. The molecule has 0 fully saturated rings. The van der Waals surface area contributed by atoms with E-state index in [9.17, 15) is 0 Å². The van der Waals surface area contributed by atoms with Gasteiger partial charge in [-0.15, -0.1) is 34.8 Å². The summed E-state index contributed by atoms with van der Waals surface area (Å²) in [7, 11) is 0. The van der Waals surface area contributed by atoms with Crippen LogP contribution in [0.4, 0.5) is 0 Å². The number of pyridine rings is 1. The average molecular weight is 1450 g/mol. The van der Waals surface area contributed by atoms with Gasteiger partial charge in [0.1, 0.15) is 5.82 Å². The van der Waals surface area contributed by atoms with Gasteiger partial charge in [0.05, 0.1) is 5.69 Å². The maximum Gasteiger partial charge on any atom is 0.272 e. The molecule has 3 heterocycles. The Hall–Kier alpha value is -10.8. The van der Waals surface area contributed by atoms with Crippen molar-refractivity contribution in [3.63, 3.8) is 0 Å². The zero-order valence-electron chi connectivity index (χ0n) is 56.7. The van der Waals surface area contributed by atoms with E-state index in [0.29, 0.717) is 23.0 Å². The molecule has 3 aromatic heterocycles. The largest absolute Gasteiger partial charge is 0.510 e. The zero-order valence-corrected chi connectivity index (χ0v) is 58.9. The van der Waals surface area contributed by atoms with Crippen molar-refractivity contribution in [1.29, 1.82) is 0 Å². The number of hydrogen-bond donors (Lipinski definition) is 0. The summed E-state index contributed by atoms with van der Waals surface area (Å²) in [5.41, 5.74) is 22.8. The Kier molecular flexibility index (Phi) is 17.3. The van der Waals surface area contributed by atoms with E-state index in [1.807, 2.05) is 29.1 Å². The smallest absolute Gasteiger partial charge is 0.272 e. The standard InChI is InChI=1S/C91H75N5O.Pt/c1-89(2,3)73-45-46-92-86(57-73)96-84-44-41-66(61-27-15-10-16-28-61)53-83(84)82-43-42-79(59-85(82)96)97-78-38-25-37-76(58-78)94-60-95(77-55-74(90(4,5)6)54-75(56-77)91(7,8)9)93-88(94)87-80(71-49-67(62-29-17-11-18-30-62)47-68(50-71)63-31-19-12-20-32-63)39-26-40-81(87)72-51-69(64-33-21-13-22-34-64)48-70(52-72)65-35-23-14-24-36-65;/h10-57H,1-9H3;/q-2;. The molecule has 482 valence electrons. The van der Waals surface area contributed by atoms with Crippen LogP contribution >= 0.6 is 0 Å². The van der Waals surface area contributed by atoms with Crippen LogP contribution in [-0.4, -0.2) is 19.2 Å². The summed E-state index contributed by atoms with van der Waals surface area (Å²) in [5, 5.41) is 8.01. The summed E-state index contributed by atoms with van der Waals surface area (Å²) < 4.78 is 13.3. The Labute approximate surface area is 590 Å². The topological polar surface area (TPSA) is 48.8 Å². The molecule has 12 aromatic carbocycles. The summed E-state index contributed by atoms with van der Waals surface area (Å²) >= 11 is 0. The van der Waals surface area contributed by atoms with E-state index in [1.165, 1.54) is 16.7 Å². The van der Waals surface area contributed by atoms with Crippen molar-refractivity contribution in [1.82, 2.24) is 19.2 Å². The molecule has 0 N–H and O–H groups in total. The molecule has 0 aliphatic rings. The van der Waals surface area contributed by atoms with E-state index in [4.69, 9.17) is 14.8 Å². The first kappa shape index (κ1) is 64.6. The van der Waals surface area contributed by atoms with Gasteiger partial charge in [0.15, 0.2) is 5.82 Å². The van der Waals surface area contributed by atoms with E-state index in [0.717, 1.165) is 117 Å². The second-order valence-electron chi connectivity index (χ2n) is 28.4. The molecule has 0 aliphatic heterocycles. The SMILES string of the molecule is CC(C)(C)c1cc(-[n+]2[c-]n(-c3[c-]c(Oc4[c-]c5c(cc4)c4cc(-c6ccccc6)ccc4n5-c4cc(C(C)(C)C)ccn4)ccc3)c(-c3c(-c4cc(-c5ccccc5)cc(-c5ccccc5)c4)cccc3-c3cc(-c4ccccc4)cc(-c4ccccc4)c3)n2)cc(C(C)(C)C)c1.[Pt]. The first-order valence-electron chi connectivity index (χ1n) is 33.4. The fraction of sp³-hybridized carbons (Fsp3) is 0.132. The minimum Gasteiger partial charge on any atom is -0.510 e. The number of aromatic nitrogens is 5. The predicted octanol–water partition coefficient (Wildman–Crippen LogP) is 23.1. The predicted molar refractivity (Wildman–Crippen MR) is 400 cm³/mol. The Morgan fingerprint density at radius 1 is 0.367 bits per heavy atom. The summed E-state index contributed by atoms with van der Waals surface area (Å²) in [6.45, 7) is 20.4. The van der Waals surface area contributed by atoms with Crippen LogP contribution in [0, 0.1) is 18.5 Å². The van der Waals surface area contributed by atoms with Gasteiger partial charge >= 0.3 is 0 Å². The van der Waals surface area contributed by atoms with Crippen LogP contribution < -0.4 is 9.42 Å². The molecule has 0 saturated carbocycles. The monoisotopic (exact) mass is 1450 g/mol. The van der Waals surface area contributed by atoms with Gasteiger partial charge in [-0.3, -0.25) is 0 Å². The molecule has 0 amide bonds. The maximum atomic E-state index is 7.06. The summed E-state index contributed by atoms with van der Waals surface area (Å²) in [4.78, 5) is 5.03. The van der Waals surface area contributed by atoms with Gasteiger partial charge in [-0.25, -0.2) is 4.98 Å². The second kappa shape index (κ2) is 26.3. The molecule has 0 saturated heterocycles. The Morgan fingerprint density at radius 3 is 1.32 bits per heavy atom. The summed E-state index contributed by atoms with van der Waals surface area (Å²) in [5.74, 6) is 2.50. The third-order valence-corrected chi connectivity index (χ3v) is 18.5. The minimum atomic E-state index is -0.173. The van der Waals surface area contributed by atoms with E-state index in [-0.39, 0.29) is 37.3 Å². The molecule has 0 unspecified atom stereocenters. The van der Waals surface area contributed by atoms with Gasteiger partial charge in [-0.05, 0) is 171 Å². The van der Waals surface area contributed by atoms with E-state index in [1.54, 1.807) is 0 Å². The zero-order chi connectivity index (χ0) is 66.6. The van der Waals surface area contributed by atoms with Gasteiger partial charge in [-0.2, -0.15) is 22.9 Å². The molecule has 15 aromatic rings. The maximum absolute atomic E-state index is 7.06. The van der Waals surface area contributed by atoms with Crippen molar-refractivity contribution in [2.24, 2.45) is 0 Å². The molecule has 98 heavy (non-hydrogen) atoms. The van der Waals surface area contributed by atoms with Gasteiger partial charge in [0.2, 0.25) is 0 Å².